The van der Waals surface area contributed by atoms with Crippen molar-refractivity contribution >= 4 is 0 Å². The molecule has 0 amide bonds. The van der Waals surface area contributed by atoms with E-state index >= 15 is 0 Å². The first-order valence-electron chi connectivity index (χ1n) is 5.32. The fraction of sp³-hybridized carbons (Fsp3) is 1.00. The summed E-state index contributed by atoms with van der Waals surface area (Å²) in [4.78, 5) is 0. The van der Waals surface area contributed by atoms with E-state index in [1.165, 1.54) is 0 Å². The first-order valence-corrected chi connectivity index (χ1v) is 5.32. The molecule has 0 bridgehead atoms. The minimum Gasteiger partial charge on any atom is -0.378 e. The Morgan fingerprint density at radius 1 is 1.36 bits per heavy atom. The van der Waals surface area contributed by atoms with Crippen molar-refractivity contribution in [1.82, 2.24) is 0 Å². The monoisotopic (exact) mass is 204 g/mol. The van der Waals surface area contributed by atoms with Gasteiger partial charge in [-0.05, 0) is 20.8 Å². The Morgan fingerprint density at radius 2 is 1.86 bits per heavy atom. The zero-order chi connectivity index (χ0) is 11.4. The quantitative estimate of drug-likeness (QED) is 0.712. The van der Waals surface area contributed by atoms with Gasteiger partial charge in [0.05, 0.1) is 11.7 Å². The number of rotatable bonds is 1. The van der Waals surface area contributed by atoms with Gasteiger partial charge < -0.3 is 14.6 Å². The van der Waals surface area contributed by atoms with E-state index in [0.717, 1.165) is 6.42 Å². The van der Waals surface area contributed by atoms with Crippen molar-refractivity contribution in [1.29, 1.82) is 0 Å². The molecule has 86 valence electrons. The molecule has 0 aliphatic carbocycles. The van der Waals surface area contributed by atoms with Crippen LogP contribution < -0.4 is 0 Å². The van der Waals surface area contributed by atoms with Gasteiger partial charge in [0.25, 0.3) is 0 Å². The highest BCUT2D eigenvalue weighted by Crippen LogP contribution is 2.35. The summed E-state index contributed by atoms with van der Waals surface area (Å²) in [7, 11) is 1.67. The number of hydrogen-bond acceptors (Lipinski definition) is 3. The summed E-state index contributed by atoms with van der Waals surface area (Å²) < 4.78 is 10.7. The lowest BCUT2D eigenvalue weighted by atomic mass is 9.88. The molecule has 0 aromatic rings. The van der Waals surface area contributed by atoms with Gasteiger partial charge in [-0.15, -0.1) is 0 Å². The Hall–Kier alpha value is -0.120. The van der Waals surface area contributed by atoms with Crippen molar-refractivity contribution in [3.63, 3.8) is 0 Å². The Balaban J connectivity index is 0.000000791. The van der Waals surface area contributed by atoms with E-state index in [1.807, 2.05) is 27.7 Å². The van der Waals surface area contributed by atoms with Gasteiger partial charge in [0.15, 0.2) is 5.79 Å². The molecule has 14 heavy (non-hydrogen) atoms. The second kappa shape index (κ2) is 5.10. The molecule has 1 fully saturated rings. The normalized spacial score (nSPS) is 42.6. The van der Waals surface area contributed by atoms with E-state index in [4.69, 9.17) is 9.47 Å². The van der Waals surface area contributed by atoms with E-state index in [-0.39, 0.29) is 11.7 Å². The van der Waals surface area contributed by atoms with Crippen LogP contribution in [-0.2, 0) is 9.47 Å². The average Bonchev–Trinajstić information content (AvgIpc) is 2.04. The van der Waals surface area contributed by atoms with Crippen LogP contribution in [0, 0.1) is 0 Å². The molecule has 0 saturated carbocycles. The van der Waals surface area contributed by atoms with Gasteiger partial charge >= 0.3 is 0 Å². The lowest BCUT2D eigenvalue weighted by Gasteiger charge is -2.43. The van der Waals surface area contributed by atoms with Crippen molar-refractivity contribution in [3.05, 3.63) is 0 Å². The number of hydrogen-bond donors (Lipinski definition) is 1. The van der Waals surface area contributed by atoms with Crippen molar-refractivity contribution in [3.8, 4) is 0 Å². The van der Waals surface area contributed by atoms with Crippen LogP contribution in [0.2, 0.25) is 0 Å². The van der Waals surface area contributed by atoms with Gasteiger partial charge in [-0.25, -0.2) is 0 Å². The molecule has 1 N–H and O–H groups in total. The predicted molar refractivity (Wildman–Crippen MR) is 57.2 cm³/mol. The lowest BCUT2D eigenvalue weighted by Crippen LogP contribution is -2.49. The van der Waals surface area contributed by atoms with Crippen molar-refractivity contribution < 1.29 is 14.6 Å². The van der Waals surface area contributed by atoms with Crippen LogP contribution in [0.15, 0.2) is 0 Å². The molecule has 1 aliphatic rings. The summed E-state index contributed by atoms with van der Waals surface area (Å²) in [6, 6.07) is 0. The highest BCUT2D eigenvalue weighted by atomic mass is 16.6. The van der Waals surface area contributed by atoms with E-state index in [0.29, 0.717) is 6.42 Å². The molecular weight excluding hydrogens is 180 g/mol. The van der Waals surface area contributed by atoms with Gasteiger partial charge in [0.2, 0.25) is 0 Å². The Kier molecular flexibility index (Phi) is 5.06. The van der Waals surface area contributed by atoms with Gasteiger partial charge in [-0.2, -0.15) is 0 Å². The topological polar surface area (TPSA) is 38.7 Å². The summed E-state index contributed by atoms with van der Waals surface area (Å²) in [5, 5.41) is 9.71. The van der Waals surface area contributed by atoms with Crippen LogP contribution in [0.1, 0.15) is 47.5 Å². The minimum absolute atomic E-state index is 0.0544. The van der Waals surface area contributed by atoms with Crippen LogP contribution >= 0.6 is 0 Å². The van der Waals surface area contributed by atoms with E-state index in [1.54, 1.807) is 14.0 Å². The van der Waals surface area contributed by atoms with Crippen molar-refractivity contribution in [2.75, 3.05) is 7.11 Å². The van der Waals surface area contributed by atoms with Gasteiger partial charge in [-0.1, -0.05) is 13.8 Å². The minimum atomic E-state index is -1.04. The molecule has 0 aromatic carbocycles. The fourth-order valence-corrected chi connectivity index (χ4v) is 2.05. The summed E-state index contributed by atoms with van der Waals surface area (Å²) in [6.07, 6.45) is 1.42. The van der Waals surface area contributed by atoms with Gasteiger partial charge in [0.1, 0.15) is 0 Å². The standard InChI is InChI=1S/C9H18O3.C2H6/c1-7-5-8(2,11-4)6-9(3,10)12-7;1-2/h7,10H,5-6H2,1-4H3;1-2H3. The molecule has 1 rings (SSSR count). The van der Waals surface area contributed by atoms with Crippen LogP contribution in [0.3, 0.4) is 0 Å². The zero-order valence-electron chi connectivity index (χ0n) is 10.3. The molecule has 1 heterocycles. The molecular formula is C11H24O3. The maximum absolute atomic E-state index is 9.71. The summed E-state index contributed by atoms with van der Waals surface area (Å²) in [5.74, 6) is -1.04. The summed E-state index contributed by atoms with van der Waals surface area (Å²) >= 11 is 0. The maximum atomic E-state index is 9.71. The maximum Gasteiger partial charge on any atom is 0.165 e. The molecule has 1 aliphatic heterocycles. The molecule has 0 aromatic heterocycles. The number of ether oxygens (including phenoxy) is 2. The summed E-state index contributed by atoms with van der Waals surface area (Å²) in [5.41, 5.74) is -0.249. The number of methoxy groups -OCH3 is 1. The third-order valence-corrected chi connectivity index (χ3v) is 2.37. The highest BCUT2D eigenvalue weighted by Gasteiger charge is 2.42. The molecule has 3 unspecified atom stereocenters. The average molecular weight is 204 g/mol. The van der Waals surface area contributed by atoms with Crippen molar-refractivity contribution in [2.45, 2.75) is 65.0 Å². The van der Waals surface area contributed by atoms with Crippen molar-refractivity contribution in [2.24, 2.45) is 0 Å². The zero-order valence-corrected chi connectivity index (χ0v) is 10.3. The molecule has 0 radical (unpaired) electrons. The second-order valence-electron chi connectivity index (χ2n) is 4.14. The Bertz CT molecular complexity index is 168. The molecule has 3 heteroatoms. The lowest BCUT2D eigenvalue weighted by molar-refractivity contribution is -0.279. The third kappa shape index (κ3) is 3.95. The Labute approximate surface area is 87.4 Å². The first kappa shape index (κ1) is 13.9. The van der Waals surface area contributed by atoms with Crippen LogP contribution in [0.25, 0.3) is 0 Å². The number of aliphatic hydroxyl groups is 1. The molecule has 0 spiro atoms. The van der Waals surface area contributed by atoms with E-state index < -0.39 is 5.79 Å². The highest BCUT2D eigenvalue weighted by molar-refractivity contribution is 4.88. The Morgan fingerprint density at radius 3 is 2.21 bits per heavy atom. The largest absolute Gasteiger partial charge is 0.378 e. The fourth-order valence-electron chi connectivity index (χ4n) is 2.05. The van der Waals surface area contributed by atoms with Crippen LogP contribution in [0.5, 0.6) is 0 Å². The van der Waals surface area contributed by atoms with Gasteiger partial charge in [-0.3, -0.25) is 0 Å². The summed E-state index contributed by atoms with van der Waals surface area (Å²) in [6.45, 7) is 9.63. The first-order chi connectivity index (χ1) is 6.37. The van der Waals surface area contributed by atoms with Gasteiger partial charge in [0, 0.05) is 20.0 Å². The third-order valence-electron chi connectivity index (χ3n) is 2.37. The SMILES string of the molecule is CC.COC1(C)CC(C)OC(C)(O)C1. The van der Waals surface area contributed by atoms with E-state index in [2.05, 4.69) is 0 Å². The van der Waals surface area contributed by atoms with Crippen LogP contribution in [-0.4, -0.2) is 29.7 Å². The second-order valence-corrected chi connectivity index (χ2v) is 4.14. The predicted octanol–water partition coefficient (Wildman–Crippen LogP) is 2.33. The molecule has 3 atom stereocenters. The van der Waals surface area contributed by atoms with Crippen LogP contribution in [0.4, 0.5) is 0 Å². The smallest absolute Gasteiger partial charge is 0.165 e. The molecule has 3 nitrogen and oxygen atoms in total. The van der Waals surface area contributed by atoms with E-state index in [9.17, 15) is 5.11 Å². The molecule has 1 saturated heterocycles.